The van der Waals surface area contributed by atoms with Gasteiger partial charge < -0.3 is 9.72 Å². The van der Waals surface area contributed by atoms with Gasteiger partial charge in [0.1, 0.15) is 17.7 Å². The smallest absolute Gasteiger partial charge is 0.242 e. The molecular formula is C13H11FN4OS. The molecule has 5 nitrogen and oxygen atoms in total. The summed E-state index contributed by atoms with van der Waals surface area (Å²) in [4.78, 5) is 11.2. The van der Waals surface area contributed by atoms with Crippen LogP contribution in [0.2, 0.25) is 0 Å². The molecule has 0 spiro atoms. The lowest BCUT2D eigenvalue weighted by atomic mass is 10.2. The average molecular weight is 290 g/mol. The minimum Gasteiger partial charge on any atom is -0.479 e. The van der Waals surface area contributed by atoms with Crippen molar-refractivity contribution in [1.82, 2.24) is 19.5 Å². The molecule has 0 saturated carbocycles. The molecular weight excluding hydrogens is 279 g/mol. The van der Waals surface area contributed by atoms with E-state index in [1.165, 1.54) is 19.5 Å². The Hall–Kier alpha value is -2.28. The van der Waals surface area contributed by atoms with E-state index in [1.54, 1.807) is 23.6 Å². The number of aromatic amines is 1. The van der Waals surface area contributed by atoms with Crippen molar-refractivity contribution in [2.24, 2.45) is 0 Å². The number of aromatic nitrogens is 4. The van der Waals surface area contributed by atoms with Gasteiger partial charge in [-0.05, 0) is 36.8 Å². The highest BCUT2D eigenvalue weighted by Crippen LogP contribution is 2.24. The van der Waals surface area contributed by atoms with Crippen molar-refractivity contribution in [3.8, 4) is 11.6 Å². The van der Waals surface area contributed by atoms with Crippen LogP contribution in [0.25, 0.3) is 16.9 Å². The fourth-order valence-corrected chi connectivity index (χ4v) is 2.31. The third kappa shape index (κ3) is 1.87. The zero-order chi connectivity index (χ0) is 14.3. The third-order valence-electron chi connectivity index (χ3n) is 3.05. The third-order valence-corrected chi connectivity index (χ3v) is 3.33. The summed E-state index contributed by atoms with van der Waals surface area (Å²) in [6.45, 7) is 1.71. The Kier molecular flexibility index (Phi) is 2.98. The van der Waals surface area contributed by atoms with Gasteiger partial charge in [0.25, 0.3) is 0 Å². The van der Waals surface area contributed by atoms with Crippen LogP contribution in [-0.2, 0) is 0 Å². The molecule has 3 rings (SSSR count). The van der Waals surface area contributed by atoms with E-state index < -0.39 is 0 Å². The zero-order valence-corrected chi connectivity index (χ0v) is 11.7. The number of aryl methyl sites for hydroxylation is 1. The molecule has 20 heavy (non-hydrogen) atoms. The number of methoxy groups -OCH3 is 1. The quantitative estimate of drug-likeness (QED) is 0.737. The number of H-pyrrole nitrogens is 1. The van der Waals surface area contributed by atoms with Crippen molar-refractivity contribution in [2.45, 2.75) is 6.92 Å². The van der Waals surface area contributed by atoms with Gasteiger partial charge in [0.15, 0.2) is 10.4 Å². The topological polar surface area (TPSA) is 55.7 Å². The molecule has 0 amide bonds. The number of fused-ring (bicyclic) bond motifs is 1. The summed E-state index contributed by atoms with van der Waals surface area (Å²) in [6, 6.07) is 4.91. The number of nitrogens with one attached hydrogen (secondary N) is 1. The molecule has 0 aliphatic carbocycles. The second-order valence-electron chi connectivity index (χ2n) is 4.28. The predicted octanol–water partition coefficient (Wildman–Crippen LogP) is 2.93. The van der Waals surface area contributed by atoms with Crippen LogP contribution in [0.4, 0.5) is 4.39 Å². The van der Waals surface area contributed by atoms with Crippen molar-refractivity contribution in [3.63, 3.8) is 0 Å². The normalized spacial score (nSPS) is 10.9. The van der Waals surface area contributed by atoms with Gasteiger partial charge in [-0.15, -0.1) is 0 Å². The molecule has 2 aromatic heterocycles. The maximum absolute atomic E-state index is 13.7. The van der Waals surface area contributed by atoms with Gasteiger partial charge in [0.05, 0.1) is 12.8 Å². The van der Waals surface area contributed by atoms with E-state index in [-0.39, 0.29) is 5.82 Å². The van der Waals surface area contributed by atoms with Crippen LogP contribution in [0.3, 0.4) is 0 Å². The molecule has 0 aliphatic heterocycles. The van der Waals surface area contributed by atoms with Crippen LogP contribution >= 0.6 is 12.2 Å². The molecule has 0 fully saturated rings. The SMILES string of the molecule is COc1ncnc2c1[nH]c(=S)n2-c1ccc(C)c(F)c1. The van der Waals surface area contributed by atoms with E-state index in [9.17, 15) is 4.39 Å². The number of benzene rings is 1. The maximum atomic E-state index is 13.7. The van der Waals surface area contributed by atoms with Crippen LogP contribution in [0.1, 0.15) is 5.56 Å². The lowest BCUT2D eigenvalue weighted by Crippen LogP contribution is -1.98. The fraction of sp³-hybridized carbons (Fsp3) is 0.154. The molecule has 0 radical (unpaired) electrons. The Labute approximate surface area is 119 Å². The lowest BCUT2D eigenvalue weighted by molar-refractivity contribution is 0.401. The van der Waals surface area contributed by atoms with Gasteiger partial charge in [0.2, 0.25) is 5.88 Å². The predicted molar refractivity (Wildman–Crippen MR) is 75.3 cm³/mol. The van der Waals surface area contributed by atoms with Gasteiger partial charge in [-0.2, -0.15) is 4.98 Å². The number of hydrogen-bond donors (Lipinski definition) is 1. The molecule has 2 heterocycles. The van der Waals surface area contributed by atoms with E-state index in [4.69, 9.17) is 17.0 Å². The molecule has 1 aromatic carbocycles. The van der Waals surface area contributed by atoms with Gasteiger partial charge in [0, 0.05) is 0 Å². The van der Waals surface area contributed by atoms with Crippen molar-refractivity contribution in [2.75, 3.05) is 7.11 Å². The molecule has 0 unspecified atom stereocenters. The molecule has 1 N–H and O–H groups in total. The van der Waals surface area contributed by atoms with E-state index in [2.05, 4.69) is 15.0 Å². The molecule has 0 atom stereocenters. The largest absolute Gasteiger partial charge is 0.479 e. The minimum atomic E-state index is -0.292. The van der Waals surface area contributed by atoms with E-state index in [1.807, 2.05) is 0 Å². The number of hydrogen-bond acceptors (Lipinski definition) is 4. The Morgan fingerprint density at radius 3 is 2.85 bits per heavy atom. The summed E-state index contributed by atoms with van der Waals surface area (Å²) in [5.74, 6) is 0.104. The summed E-state index contributed by atoms with van der Waals surface area (Å²) < 4.78 is 20.9. The Bertz CT molecular complexity index is 855. The van der Waals surface area contributed by atoms with Gasteiger partial charge in [-0.3, -0.25) is 4.57 Å². The molecule has 7 heteroatoms. The van der Waals surface area contributed by atoms with Crippen LogP contribution < -0.4 is 4.74 Å². The number of imidazole rings is 1. The van der Waals surface area contributed by atoms with Crippen molar-refractivity contribution >= 4 is 23.4 Å². The van der Waals surface area contributed by atoms with E-state index in [0.29, 0.717) is 33.1 Å². The summed E-state index contributed by atoms with van der Waals surface area (Å²) in [6.07, 6.45) is 1.38. The highest BCUT2D eigenvalue weighted by Gasteiger charge is 2.13. The van der Waals surface area contributed by atoms with Crippen LogP contribution in [0, 0.1) is 17.5 Å². The highest BCUT2D eigenvalue weighted by molar-refractivity contribution is 7.71. The lowest BCUT2D eigenvalue weighted by Gasteiger charge is -2.05. The first-order valence-corrected chi connectivity index (χ1v) is 6.29. The van der Waals surface area contributed by atoms with Crippen LogP contribution in [-0.4, -0.2) is 26.6 Å². The molecule has 102 valence electrons. The first kappa shape index (κ1) is 12.7. The van der Waals surface area contributed by atoms with Crippen LogP contribution in [0.15, 0.2) is 24.5 Å². The summed E-state index contributed by atoms with van der Waals surface area (Å²) in [5.41, 5.74) is 2.31. The molecule has 0 saturated heterocycles. The number of rotatable bonds is 2. The monoisotopic (exact) mass is 290 g/mol. The maximum Gasteiger partial charge on any atom is 0.242 e. The fourth-order valence-electron chi connectivity index (χ4n) is 2.01. The summed E-state index contributed by atoms with van der Waals surface area (Å²) >= 11 is 5.28. The van der Waals surface area contributed by atoms with E-state index >= 15 is 0 Å². The molecule has 3 aromatic rings. The van der Waals surface area contributed by atoms with Crippen molar-refractivity contribution < 1.29 is 9.13 Å². The Balaban J connectivity index is 2.33. The van der Waals surface area contributed by atoms with Crippen molar-refractivity contribution in [3.05, 3.63) is 40.7 Å². The Morgan fingerprint density at radius 2 is 2.15 bits per heavy atom. The number of ether oxygens (including phenoxy) is 1. The van der Waals surface area contributed by atoms with Gasteiger partial charge in [-0.25, -0.2) is 9.37 Å². The average Bonchev–Trinajstić information content (AvgIpc) is 2.78. The Morgan fingerprint density at radius 1 is 1.35 bits per heavy atom. The zero-order valence-electron chi connectivity index (χ0n) is 10.8. The van der Waals surface area contributed by atoms with Gasteiger partial charge >= 0.3 is 0 Å². The summed E-state index contributed by atoms with van der Waals surface area (Å²) in [7, 11) is 1.52. The molecule has 0 bridgehead atoms. The molecule has 0 aliphatic rings. The first-order chi connectivity index (χ1) is 9.61. The highest BCUT2D eigenvalue weighted by atomic mass is 32.1. The summed E-state index contributed by atoms with van der Waals surface area (Å²) in [5, 5.41) is 0. The first-order valence-electron chi connectivity index (χ1n) is 5.88. The second kappa shape index (κ2) is 4.68. The minimum absolute atomic E-state index is 0.292. The second-order valence-corrected chi connectivity index (χ2v) is 4.67. The van der Waals surface area contributed by atoms with Gasteiger partial charge in [-0.1, -0.05) is 6.07 Å². The standard InChI is InChI=1S/C13H11FN4OS/c1-7-3-4-8(5-9(7)14)18-11-10(17-13(18)20)12(19-2)16-6-15-11/h3-6H,1-2H3,(H,17,20). The van der Waals surface area contributed by atoms with E-state index in [0.717, 1.165) is 0 Å². The number of nitrogens with zero attached hydrogens (tertiary/aromatic N) is 3. The van der Waals surface area contributed by atoms with Crippen LogP contribution in [0.5, 0.6) is 5.88 Å². The van der Waals surface area contributed by atoms with Crippen molar-refractivity contribution in [1.29, 1.82) is 0 Å². The number of halogens is 1.